The summed E-state index contributed by atoms with van der Waals surface area (Å²) in [6, 6.07) is 17.3. The third-order valence-corrected chi connectivity index (χ3v) is 5.66. The van der Waals surface area contributed by atoms with E-state index in [1.807, 2.05) is 24.3 Å². The highest BCUT2D eigenvalue weighted by atomic mass is 32.2. The fourth-order valence-electron chi connectivity index (χ4n) is 2.57. The van der Waals surface area contributed by atoms with Gasteiger partial charge in [-0.25, -0.2) is 13.9 Å². The summed E-state index contributed by atoms with van der Waals surface area (Å²) < 4.78 is 27.1. The smallest absolute Gasteiger partial charge is 0.258 e. The average Bonchev–Trinajstić information content (AvgIpc) is 2.67. The number of carbonyl (C=O) groups excluding carboxylic acids is 1. The number of pyridine rings is 1. The van der Waals surface area contributed by atoms with Crippen LogP contribution in [0.2, 0.25) is 0 Å². The minimum Gasteiger partial charge on any atom is -0.289 e. The number of hydrogen-bond acceptors (Lipinski definition) is 5. The SMILES string of the molecule is O=C(CN(Cc1ccccn1)S(=O)(=O)c1ccc2ccccc2c1)NO. The van der Waals surface area contributed by atoms with Crippen LogP contribution < -0.4 is 5.48 Å². The summed E-state index contributed by atoms with van der Waals surface area (Å²) in [5.41, 5.74) is 1.96. The summed E-state index contributed by atoms with van der Waals surface area (Å²) in [6.45, 7) is -0.619. The molecule has 0 saturated heterocycles. The highest BCUT2D eigenvalue weighted by Crippen LogP contribution is 2.23. The molecular weight excluding hydrogens is 354 g/mol. The van der Waals surface area contributed by atoms with E-state index in [0.717, 1.165) is 15.1 Å². The van der Waals surface area contributed by atoms with E-state index in [9.17, 15) is 13.2 Å². The van der Waals surface area contributed by atoms with Gasteiger partial charge in [0.15, 0.2) is 0 Å². The molecule has 0 fully saturated rings. The van der Waals surface area contributed by atoms with Gasteiger partial charge in [-0.15, -0.1) is 0 Å². The van der Waals surface area contributed by atoms with Crippen LogP contribution in [0.5, 0.6) is 0 Å². The Bertz CT molecular complexity index is 1020. The molecule has 1 heterocycles. The predicted octanol–water partition coefficient (Wildman–Crippen LogP) is 1.93. The van der Waals surface area contributed by atoms with E-state index in [4.69, 9.17) is 5.21 Å². The second-order valence-corrected chi connectivity index (χ2v) is 7.58. The van der Waals surface area contributed by atoms with Crippen LogP contribution in [0.4, 0.5) is 0 Å². The molecule has 0 radical (unpaired) electrons. The Balaban J connectivity index is 2.00. The molecule has 0 unspecified atom stereocenters. The molecule has 0 aliphatic heterocycles. The molecule has 0 bridgehead atoms. The predicted molar refractivity (Wildman–Crippen MR) is 95.7 cm³/mol. The number of hydrogen-bond donors (Lipinski definition) is 2. The van der Waals surface area contributed by atoms with Gasteiger partial charge >= 0.3 is 0 Å². The number of benzene rings is 2. The average molecular weight is 371 g/mol. The van der Waals surface area contributed by atoms with Crippen molar-refractivity contribution in [2.75, 3.05) is 6.54 Å². The van der Waals surface area contributed by atoms with Crippen molar-refractivity contribution in [3.63, 3.8) is 0 Å². The topological polar surface area (TPSA) is 99.6 Å². The first-order valence-corrected chi connectivity index (χ1v) is 9.26. The van der Waals surface area contributed by atoms with Gasteiger partial charge in [0.05, 0.1) is 23.7 Å². The summed E-state index contributed by atoms with van der Waals surface area (Å²) in [5, 5.41) is 10.5. The number of nitrogens with zero attached hydrogens (tertiary/aromatic N) is 2. The monoisotopic (exact) mass is 371 g/mol. The van der Waals surface area contributed by atoms with E-state index < -0.39 is 22.5 Å². The fourth-order valence-corrected chi connectivity index (χ4v) is 3.97. The minimum atomic E-state index is -3.97. The first kappa shape index (κ1) is 18.0. The molecule has 134 valence electrons. The number of sulfonamides is 1. The van der Waals surface area contributed by atoms with Crippen LogP contribution in [0.25, 0.3) is 10.8 Å². The van der Waals surface area contributed by atoms with E-state index in [1.54, 1.807) is 36.5 Å². The molecule has 8 heteroatoms. The maximum absolute atomic E-state index is 13.1. The van der Waals surface area contributed by atoms with Crippen molar-refractivity contribution in [2.45, 2.75) is 11.4 Å². The molecule has 26 heavy (non-hydrogen) atoms. The number of rotatable bonds is 6. The van der Waals surface area contributed by atoms with E-state index in [-0.39, 0.29) is 11.4 Å². The van der Waals surface area contributed by atoms with Crippen LogP contribution in [0, 0.1) is 0 Å². The van der Waals surface area contributed by atoms with Crippen molar-refractivity contribution >= 4 is 26.7 Å². The van der Waals surface area contributed by atoms with Crippen molar-refractivity contribution in [3.8, 4) is 0 Å². The van der Waals surface area contributed by atoms with E-state index in [2.05, 4.69) is 4.98 Å². The Morgan fingerprint density at radius 1 is 1.04 bits per heavy atom. The summed E-state index contributed by atoms with van der Waals surface area (Å²) in [7, 11) is -3.97. The maximum Gasteiger partial charge on any atom is 0.258 e. The fraction of sp³-hybridized carbons (Fsp3) is 0.111. The largest absolute Gasteiger partial charge is 0.289 e. The molecule has 0 aliphatic rings. The second kappa shape index (κ2) is 7.61. The third kappa shape index (κ3) is 3.88. The molecule has 0 aliphatic carbocycles. The summed E-state index contributed by atoms with van der Waals surface area (Å²) in [4.78, 5) is 15.8. The molecule has 2 N–H and O–H groups in total. The van der Waals surface area contributed by atoms with Gasteiger partial charge in [0.2, 0.25) is 10.0 Å². The van der Waals surface area contributed by atoms with Gasteiger partial charge in [-0.05, 0) is 35.0 Å². The normalized spacial score (nSPS) is 11.6. The number of fused-ring (bicyclic) bond motifs is 1. The zero-order valence-corrected chi connectivity index (χ0v) is 14.6. The molecule has 1 amide bonds. The molecule has 1 aromatic heterocycles. The van der Waals surface area contributed by atoms with Crippen LogP contribution in [0.3, 0.4) is 0 Å². The van der Waals surface area contributed by atoms with Gasteiger partial charge in [-0.3, -0.25) is 15.0 Å². The van der Waals surface area contributed by atoms with Gasteiger partial charge in [0, 0.05) is 6.20 Å². The Hall–Kier alpha value is -2.81. The number of amides is 1. The Labute approximate surface area is 150 Å². The number of carbonyl (C=O) groups is 1. The van der Waals surface area contributed by atoms with Gasteiger partial charge in [-0.2, -0.15) is 4.31 Å². The maximum atomic E-state index is 13.1. The summed E-state index contributed by atoms with van der Waals surface area (Å²) >= 11 is 0. The molecule has 0 saturated carbocycles. The molecular formula is C18H17N3O4S. The van der Waals surface area contributed by atoms with Crippen LogP contribution in [0.1, 0.15) is 5.69 Å². The van der Waals surface area contributed by atoms with Crippen molar-refractivity contribution in [1.29, 1.82) is 0 Å². The standard InChI is InChI=1S/C18H17N3O4S/c22-18(20-23)13-21(12-16-7-3-4-10-19-16)26(24,25)17-9-8-14-5-1-2-6-15(14)11-17/h1-11,23H,12-13H2,(H,20,22). The molecule has 2 aromatic carbocycles. The van der Waals surface area contributed by atoms with Gasteiger partial charge < -0.3 is 0 Å². The van der Waals surface area contributed by atoms with Gasteiger partial charge in [0.1, 0.15) is 0 Å². The Kier molecular flexibility index (Phi) is 5.27. The molecule has 7 nitrogen and oxygen atoms in total. The quantitative estimate of drug-likeness (QED) is 0.509. The van der Waals surface area contributed by atoms with Crippen molar-refractivity contribution in [3.05, 3.63) is 72.6 Å². The van der Waals surface area contributed by atoms with E-state index in [0.29, 0.717) is 5.69 Å². The number of nitrogens with one attached hydrogen (secondary N) is 1. The van der Waals surface area contributed by atoms with Crippen LogP contribution in [-0.2, 0) is 21.4 Å². The van der Waals surface area contributed by atoms with Gasteiger partial charge in [0.25, 0.3) is 5.91 Å². The van der Waals surface area contributed by atoms with E-state index >= 15 is 0 Å². The first-order chi connectivity index (χ1) is 12.5. The summed E-state index contributed by atoms with van der Waals surface area (Å²) in [5.74, 6) is -0.828. The zero-order valence-electron chi connectivity index (χ0n) is 13.7. The summed E-state index contributed by atoms with van der Waals surface area (Å²) in [6.07, 6.45) is 1.54. The minimum absolute atomic E-state index is 0.0675. The first-order valence-electron chi connectivity index (χ1n) is 7.82. The molecule has 0 spiro atoms. The highest BCUT2D eigenvalue weighted by molar-refractivity contribution is 7.89. The van der Waals surface area contributed by atoms with Crippen molar-refractivity contribution < 1.29 is 18.4 Å². The Morgan fingerprint density at radius 2 is 1.77 bits per heavy atom. The highest BCUT2D eigenvalue weighted by Gasteiger charge is 2.27. The van der Waals surface area contributed by atoms with Crippen molar-refractivity contribution in [2.24, 2.45) is 0 Å². The zero-order chi connectivity index (χ0) is 18.6. The van der Waals surface area contributed by atoms with Crippen LogP contribution in [0.15, 0.2) is 71.8 Å². The lowest BCUT2D eigenvalue weighted by Gasteiger charge is -2.21. The number of aromatic nitrogens is 1. The van der Waals surface area contributed by atoms with Crippen molar-refractivity contribution in [1.82, 2.24) is 14.8 Å². The van der Waals surface area contributed by atoms with E-state index in [1.165, 1.54) is 11.5 Å². The Morgan fingerprint density at radius 3 is 2.46 bits per heavy atom. The third-order valence-electron chi connectivity index (χ3n) is 3.87. The van der Waals surface area contributed by atoms with Crippen LogP contribution in [-0.4, -0.2) is 35.4 Å². The lowest BCUT2D eigenvalue weighted by Crippen LogP contribution is -2.39. The second-order valence-electron chi connectivity index (χ2n) is 5.64. The lowest BCUT2D eigenvalue weighted by molar-refractivity contribution is -0.129. The number of hydroxylamine groups is 1. The molecule has 3 rings (SSSR count). The molecule has 3 aromatic rings. The van der Waals surface area contributed by atoms with Gasteiger partial charge in [-0.1, -0.05) is 36.4 Å². The lowest BCUT2D eigenvalue weighted by atomic mass is 10.1. The van der Waals surface area contributed by atoms with Crippen LogP contribution >= 0.6 is 0 Å². The molecule has 0 atom stereocenters.